The largest absolute Gasteiger partial charge is 0.339 e. The predicted molar refractivity (Wildman–Crippen MR) is 85.0 cm³/mol. The Morgan fingerprint density at radius 1 is 1.14 bits per heavy atom. The van der Waals surface area contributed by atoms with Gasteiger partial charge in [-0.15, -0.1) is 0 Å². The van der Waals surface area contributed by atoms with Gasteiger partial charge in [-0.2, -0.15) is 0 Å². The SMILES string of the molecule is C[C@@]1(c2ccccc2)CCC(=O)N(C2CCC(N)CC2)C1. The van der Waals surface area contributed by atoms with Gasteiger partial charge in [0.05, 0.1) is 0 Å². The minimum absolute atomic E-state index is 0.0920. The molecule has 2 N–H and O–H groups in total. The highest BCUT2D eigenvalue weighted by atomic mass is 16.2. The number of likely N-dealkylation sites (tertiary alicyclic amines) is 1. The molecule has 0 radical (unpaired) electrons. The zero-order valence-electron chi connectivity index (χ0n) is 12.9. The van der Waals surface area contributed by atoms with E-state index in [4.69, 9.17) is 5.73 Å². The van der Waals surface area contributed by atoms with Crippen molar-refractivity contribution in [2.24, 2.45) is 5.73 Å². The molecule has 1 saturated carbocycles. The zero-order chi connectivity index (χ0) is 14.9. The second-order valence-electron chi connectivity index (χ2n) is 7.02. The van der Waals surface area contributed by atoms with E-state index in [1.807, 2.05) is 0 Å². The Bertz CT molecular complexity index is 493. The summed E-state index contributed by atoms with van der Waals surface area (Å²) in [6.07, 6.45) is 5.87. The van der Waals surface area contributed by atoms with E-state index in [2.05, 4.69) is 42.2 Å². The van der Waals surface area contributed by atoms with Crippen molar-refractivity contribution >= 4 is 5.91 Å². The summed E-state index contributed by atoms with van der Waals surface area (Å²) in [6, 6.07) is 11.4. The minimum atomic E-state index is 0.0920. The lowest BCUT2D eigenvalue weighted by atomic mass is 9.74. The first kappa shape index (κ1) is 14.6. The number of hydrogen-bond donors (Lipinski definition) is 1. The van der Waals surface area contributed by atoms with Crippen molar-refractivity contribution in [3.63, 3.8) is 0 Å². The maximum absolute atomic E-state index is 12.4. The van der Waals surface area contributed by atoms with Gasteiger partial charge in [-0.3, -0.25) is 4.79 Å². The molecule has 1 aromatic carbocycles. The number of amides is 1. The van der Waals surface area contributed by atoms with Gasteiger partial charge in [-0.05, 0) is 37.7 Å². The van der Waals surface area contributed by atoms with Crippen molar-refractivity contribution in [1.29, 1.82) is 0 Å². The number of nitrogens with zero attached hydrogens (tertiary/aromatic N) is 1. The highest BCUT2D eigenvalue weighted by Gasteiger charge is 2.39. The van der Waals surface area contributed by atoms with Gasteiger partial charge in [0.25, 0.3) is 0 Å². The van der Waals surface area contributed by atoms with E-state index in [0.717, 1.165) is 38.6 Å². The molecule has 1 aromatic rings. The second-order valence-corrected chi connectivity index (χ2v) is 7.02. The molecule has 3 nitrogen and oxygen atoms in total. The molecule has 21 heavy (non-hydrogen) atoms. The number of hydrogen-bond acceptors (Lipinski definition) is 2. The summed E-state index contributed by atoms with van der Waals surface area (Å²) in [5, 5.41) is 0. The summed E-state index contributed by atoms with van der Waals surface area (Å²) >= 11 is 0. The van der Waals surface area contributed by atoms with Gasteiger partial charge < -0.3 is 10.6 Å². The lowest BCUT2D eigenvalue weighted by molar-refractivity contribution is -0.139. The highest BCUT2D eigenvalue weighted by molar-refractivity contribution is 5.78. The van der Waals surface area contributed by atoms with Crippen molar-refractivity contribution in [3.05, 3.63) is 35.9 Å². The molecule has 3 rings (SSSR count). The topological polar surface area (TPSA) is 46.3 Å². The van der Waals surface area contributed by atoms with E-state index in [9.17, 15) is 4.79 Å². The van der Waals surface area contributed by atoms with Crippen LogP contribution in [-0.2, 0) is 10.2 Å². The first-order chi connectivity index (χ1) is 10.1. The Hall–Kier alpha value is -1.35. The lowest BCUT2D eigenvalue weighted by Crippen LogP contribution is -2.53. The summed E-state index contributed by atoms with van der Waals surface area (Å²) in [7, 11) is 0. The van der Waals surface area contributed by atoms with Crippen molar-refractivity contribution < 1.29 is 4.79 Å². The molecule has 0 unspecified atom stereocenters. The summed E-state index contributed by atoms with van der Waals surface area (Å²) in [5.41, 5.74) is 7.45. The molecule has 0 bridgehead atoms. The van der Waals surface area contributed by atoms with Gasteiger partial charge in [-0.1, -0.05) is 37.3 Å². The molecular weight excluding hydrogens is 260 g/mol. The molecule has 2 fully saturated rings. The molecule has 114 valence electrons. The molecule has 1 saturated heterocycles. The van der Waals surface area contributed by atoms with Crippen molar-refractivity contribution in [2.75, 3.05) is 6.54 Å². The Kier molecular flexibility index (Phi) is 4.03. The van der Waals surface area contributed by atoms with Crippen LogP contribution in [0.4, 0.5) is 0 Å². The lowest BCUT2D eigenvalue weighted by Gasteiger charge is -2.45. The average Bonchev–Trinajstić information content (AvgIpc) is 2.52. The van der Waals surface area contributed by atoms with Crippen LogP contribution in [0.1, 0.15) is 51.0 Å². The standard InChI is InChI=1S/C18H26N2O/c1-18(14-5-3-2-4-6-14)12-11-17(21)20(13-18)16-9-7-15(19)8-10-16/h2-6,15-16H,7-13,19H2,1H3/t15?,16?,18-/m1/s1. The Labute approximate surface area is 127 Å². The summed E-state index contributed by atoms with van der Waals surface area (Å²) in [5.74, 6) is 0.337. The fourth-order valence-electron chi connectivity index (χ4n) is 3.89. The molecule has 1 atom stereocenters. The maximum atomic E-state index is 12.4. The van der Waals surface area contributed by atoms with Crippen LogP contribution in [0.25, 0.3) is 0 Å². The maximum Gasteiger partial charge on any atom is 0.222 e. The third-order valence-corrected chi connectivity index (χ3v) is 5.38. The third-order valence-electron chi connectivity index (χ3n) is 5.38. The molecule has 1 aliphatic carbocycles. The predicted octanol–water partition coefficient (Wildman–Crippen LogP) is 2.84. The van der Waals surface area contributed by atoms with E-state index in [1.54, 1.807) is 0 Å². The average molecular weight is 286 g/mol. The smallest absolute Gasteiger partial charge is 0.222 e. The van der Waals surface area contributed by atoms with Gasteiger partial charge >= 0.3 is 0 Å². The molecule has 1 aliphatic heterocycles. The van der Waals surface area contributed by atoms with Gasteiger partial charge in [0.2, 0.25) is 5.91 Å². The van der Waals surface area contributed by atoms with Crippen LogP contribution < -0.4 is 5.73 Å². The van der Waals surface area contributed by atoms with Crippen LogP contribution in [0, 0.1) is 0 Å². The molecule has 1 amide bonds. The summed E-state index contributed by atoms with van der Waals surface area (Å²) in [6.45, 7) is 3.16. The van der Waals surface area contributed by atoms with E-state index in [0.29, 0.717) is 24.4 Å². The Morgan fingerprint density at radius 2 is 1.81 bits per heavy atom. The van der Waals surface area contributed by atoms with Gasteiger partial charge in [-0.25, -0.2) is 0 Å². The number of piperidine rings is 1. The van der Waals surface area contributed by atoms with E-state index < -0.39 is 0 Å². The summed E-state index contributed by atoms with van der Waals surface area (Å²) in [4.78, 5) is 14.5. The van der Waals surface area contributed by atoms with Crippen molar-refractivity contribution in [1.82, 2.24) is 4.90 Å². The monoisotopic (exact) mass is 286 g/mol. The Balaban J connectivity index is 1.77. The van der Waals surface area contributed by atoms with Gasteiger partial charge in [0, 0.05) is 30.5 Å². The van der Waals surface area contributed by atoms with Crippen molar-refractivity contribution in [2.45, 2.75) is 62.9 Å². The molecule has 0 spiro atoms. The first-order valence-electron chi connectivity index (χ1n) is 8.19. The van der Waals surface area contributed by atoms with Crippen LogP contribution in [0.2, 0.25) is 0 Å². The number of carbonyl (C=O) groups excluding carboxylic acids is 1. The normalized spacial score (nSPS) is 34.0. The summed E-state index contributed by atoms with van der Waals surface area (Å²) < 4.78 is 0. The minimum Gasteiger partial charge on any atom is -0.339 e. The number of benzene rings is 1. The highest BCUT2D eigenvalue weighted by Crippen LogP contribution is 2.36. The van der Waals surface area contributed by atoms with Gasteiger partial charge in [0.15, 0.2) is 0 Å². The van der Waals surface area contributed by atoms with Gasteiger partial charge in [0.1, 0.15) is 0 Å². The second kappa shape index (κ2) is 5.80. The number of nitrogens with two attached hydrogens (primary N) is 1. The van der Waals surface area contributed by atoms with E-state index >= 15 is 0 Å². The number of rotatable bonds is 2. The zero-order valence-corrected chi connectivity index (χ0v) is 12.9. The van der Waals surface area contributed by atoms with E-state index in [-0.39, 0.29) is 5.41 Å². The fourth-order valence-corrected chi connectivity index (χ4v) is 3.89. The first-order valence-corrected chi connectivity index (χ1v) is 8.19. The quantitative estimate of drug-likeness (QED) is 0.908. The molecule has 0 aromatic heterocycles. The molecule has 2 aliphatic rings. The van der Waals surface area contributed by atoms with Crippen LogP contribution in [0.15, 0.2) is 30.3 Å². The molecular formula is C18H26N2O. The van der Waals surface area contributed by atoms with Crippen LogP contribution in [-0.4, -0.2) is 29.4 Å². The van der Waals surface area contributed by atoms with Crippen LogP contribution in [0.3, 0.4) is 0 Å². The van der Waals surface area contributed by atoms with Crippen molar-refractivity contribution in [3.8, 4) is 0 Å². The fraction of sp³-hybridized carbons (Fsp3) is 0.611. The number of carbonyl (C=O) groups is 1. The van der Waals surface area contributed by atoms with Crippen LogP contribution >= 0.6 is 0 Å². The Morgan fingerprint density at radius 3 is 2.48 bits per heavy atom. The van der Waals surface area contributed by atoms with Crippen LogP contribution in [0.5, 0.6) is 0 Å². The molecule has 1 heterocycles. The van der Waals surface area contributed by atoms with E-state index in [1.165, 1.54) is 5.56 Å². The molecule has 3 heteroatoms. The third kappa shape index (κ3) is 2.98.